The van der Waals surface area contributed by atoms with Crippen LogP contribution < -0.4 is 5.32 Å². The van der Waals surface area contributed by atoms with Gasteiger partial charge >= 0.3 is 0 Å². The number of nitrogens with one attached hydrogen (secondary N) is 1. The lowest BCUT2D eigenvalue weighted by atomic mass is 10.0. The fourth-order valence-corrected chi connectivity index (χ4v) is 4.14. The maximum atomic E-state index is 4.76. The van der Waals surface area contributed by atoms with Gasteiger partial charge in [0.2, 0.25) is 0 Å². The van der Waals surface area contributed by atoms with Crippen LogP contribution in [0, 0.1) is 0 Å². The predicted octanol–water partition coefficient (Wildman–Crippen LogP) is 4.18. The van der Waals surface area contributed by atoms with Crippen molar-refractivity contribution < 1.29 is 0 Å². The van der Waals surface area contributed by atoms with Gasteiger partial charge < -0.3 is 5.32 Å². The Hall–Kier alpha value is -0.870. The van der Waals surface area contributed by atoms with Gasteiger partial charge in [0, 0.05) is 20.9 Å². The highest BCUT2D eigenvalue weighted by molar-refractivity contribution is 7.16. The van der Waals surface area contributed by atoms with Gasteiger partial charge in [-0.1, -0.05) is 0 Å². The quantitative estimate of drug-likeness (QED) is 0.835. The van der Waals surface area contributed by atoms with Gasteiger partial charge in [-0.2, -0.15) is 0 Å². The van der Waals surface area contributed by atoms with Gasteiger partial charge in [0.25, 0.3) is 0 Å². The molecule has 2 aromatic rings. The van der Waals surface area contributed by atoms with E-state index in [1.807, 2.05) is 22.7 Å². The summed E-state index contributed by atoms with van der Waals surface area (Å²) in [5, 5.41) is 6.71. The maximum absolute atomic E-state index is 4.76. The standard InChI is InChI=1S/C13H16N2S2/c1-13(2,3)15-12-14-11-8-6-7-16-9(8)4-5-10(11)17-12/h6-7H,4-5H2,1-3H3,(H,14,15). The third-order valence-corrected chi connectivity index (χ3v) is 4.77. The largest absolute Gasteiger partial charge is 0.357 e. The van der Waals surface area contributed by atoms with E-state index in [9.17, 15) is 0 Å². The second-order valence-electron chi connectivity index (χ2n) is 5.42. The number of thiophene rings is 1. The molecule has 0 amide bonds. The molecule has 0 atom stereocenters. The van der Waals surface area contributed by atoms with Crippen LogP contribution in [-0.4, -0.2) is 10.5 Å². The number of fused-ring (bicyclic) bond motifs is 3. The highest BCUT2D eigenvalue weighted by Gasteiger charge is 2.22. The zero-order valence-electron chi connectivity index (χ0n) is 10.3. The Bertz CT molecular complexity index is 546. The van der Waals surface area contributed by atoms with Crippen LogP contribution in [0.15, 0.2) is 11.4 Å². The van der Waals surface area contributed by atoms with Crippen LogP contribution in [-0.2, 0) is 12.8 Å². The number of hydrogen-bond acceptors (Lipinski definition) is 4. The average molecular weight is 264 g/mol. The number of aryl methyl sites for hydroxylation is 2. The highest BCUT2D eigenvalue weighted by atomic mass is 32.1. The van der Waals surface area contributed by atoms with Gasteiger partial charge in [0.1, 0.15) is 0 Å². The lowest BCUT2D eigenvalue weighted by molar-refractivity contribution is 0.633. The topological polar surface area (TPSA) is 24.9 Å². The molecule has 4 heteroatoms. The molecule has 0 saturated carbocycles. The first-order valence-corrected chi connectivity index (χ1v) is 7.57. The molecule has 1 aliphatic rings. The summed E-state index contributed by atoms with van der Waals surface area (Å²) < 4.78 is 0. The Kier molecular flexibility index (Phi) is 2.52. The molecule has 0 saturated heterocycles. The molecule has 0 aliphatic heterocycles. The molecule has 0 bridgehead atoms. The van der Waals surface area contributed by atoms with Crippen molar-refractivity contribution in [3.63, 3.8) is 0 Å². The summed E-state index contributed by atoms with van der Waals surface area (Å²) in [6.45, 7) is 6.51. The first-order chi connectivity index (χ1) is 8.03. The SMILES string of the molecule is CC(C)(C)Nc1nc2c(s1)CCc1sccc1-2. The van der Waals surface area contributed by atoms with Crippen LogP contribution in [0.2, 0.25) is 0 Å². The second-order valence-corrected chi connectivity index (χ2v) is 7.51. The molecule has 0 radical (unpaired) electrons. The van der Waals surface area contributed by atoms with Gasteiger partial charge in [-0.3, -0.25) is 0 Å². The summed E-state index contributed by atoms with van der Waals surface area (Å²) in [6, 6.07) is 2.21. The van der Waals surface area contributed by atoms with E-state index >= 15 is 0 Å². The normalized spacial score (nSPS) is 14.3. The lowest BCUT2D eigenvalue weighted by Gasteiger charge is -2.19. The Morgan fingerprint density at radius 1 is 1.24 bits per heavy atom. The van der Waals surface area contributed by atoms with Crippen LogP contribution in [0.4, 0.5) is 5.13 Å². The monoisotopic (exact) mass is 264 g/mol. The molecule has 0 aromatic carbocycles. The van der Waals surface area contributed by atoms with Gasteiger partial charge in [0.05, 0.1) is 5.69 Å². The van der Waals surface area contributed by atoms with Crippen LogP contribution in [0.3, 0.4) is 0 Å². The number of anilines is 1. The van der Waals surface area contributed by atoms with Gasteiger partial charge in [-0.25, -0.2) is 4.98 Å². The third-order valence-electron chi connectivity index (χ3n) is 2.76. The van der Waals surface area contributed by atoms with Crippen LogP contribution >= 0.6 is 22.7 Å². The van der Waals surface area contributed by atoms with Crippen molar-refractivity contribution in [3.8, 4) is 11.3 Å². The zero-order chi connectivity index (χ0) is 12.0. The smallest absolute Gasteiger partial charge is 0.183 e. The maximum Gasteiger partial charge on any atom is 0.183 e. The van der Waals surface area contributed by atoms with Crippen LogP contribution in [0.1, 0.15) is 30.5 Å². The van der Waals surface area contributed by atoms with E-state index in [1.165, 1.54) is 27.4 Å². The number of hydrogen-bond donors (Lipinski definition) is 1. The van der Waals surface area contributed by atoms with Crippen molar-refractivity contribution >= 4 is 27.8 Å². The summed E-state index contributed by atoms with van der Waals surface area (Å²) in [5.74, 6) is 0. The first kappa shape index (κ1) is 11.2. The van der Waals surface area contributed by atoms with Crippen molar-refractivity contribution in [1.82, 2.24) is 4.98 Å². The number of nitrogens with zero attached hydrogens (tertiary/aromatic N) is 1. The Labute approximate surface area is 110 Å². The number of thiazole rings is 1. The Morgan fingerprint density at radius 2 is 2.00 bits per heavy atom. The van der Waals surface area contributed by atoms with E-state index < -0.39 is 0 Å². The fourth-order valence-electron chi connectivity index (χ4n) is 2.08. The highest BCUT2D eigenvalue weighted by Crippen LogP contribution is 2.40. The van der Waals surface area contributed by atoms with E-state index in [0.717, 1.165) is 11.6 Å². The van der Waals surface area contributed by atoms with E-state index in [0.29, 0.717) is 0 Å². The van der Waals surface area contributed by atoms with Crippen molar-refractivity contribution in [2.75, 3.05) is 5.32 Å². The summed E-state index contributed by atoms with van der Waals surface area (Å²) in [4.78, 5) is 7.69. The number of aromatic nitrogens is 1. The number of rotatable bonds is 1. The average Bonchev–Trinajstić information content (AvgIpc) is 2.77. The van der Waals surface area contributed by atoms with Crippen LogP contribution in [0.5, 0.6) is 0 Å². The van der Waals surface area contributed by atoms with Crippen molar-refractivity contribution in [1.29, 1.82) is 0 Å². The predicted molar refractivity (Wildman–Crippen MR) is 76.2 cm³/mol. The molecule has 17 heavy (non-hydrogen) atoms. The molecule has 0 unspecified atom stereocenters. The molecule has 90 valence electrons. The molecular formula is C13H16N2S2. The zero-order valence-corrected chi connectivity index (χ0v) is 12.0. The second kappa shape index (κ2) is 3.82. The first-order valence-electron chi connectivity index (χ1n) is 5.87. The fraction of sp³-hybridized carbons (Fsp3) is 0.462. The molecular weight excluding hydrogens is 248 g/mol. The third kappa shape index (κ3) is 2.11. The van der Waals surface area contributed by atoms with Crippen LogP contribution in [0.25, 0.3) is 11.3 Å². The van der Waals surface area contributed by atoms with E-state index in [1.54, 1.807) is 0 Å². The van der Waals surface area contributed by atoms with Crippen molar-refractivity contribution in [2.45, 2.75) is 39.2 Å². The molecule has 0 fully saturated rings. The summed E-state index contributed by atoms with van der Waals surface area (Å²) >= 11 is 3.67. The molecule has 0 spiro atoms. The molecule has 2 heterocycles. The van der Waals surface area contributed by atoms with E-state index in [4.69, 9.17) is 4.98 Å². The summed E-state index contributed by atoms with van der Waals surface area (Å²) in [7, 11) is 0. The van der Waals surface area contributed by atoms with Crippen molar-refractivity contribution in [2.24, 2.45) is 0 Å². The minimum atomic E-state index is 0.0813. The minimum absolute atomic E-state index is 0.0813. The lowest BCUT2D eigenvalue weighted by Crippen LogP contribution is -2.25. The van der Waals surface area contributed by atoms with E-state index in [-0.39, 0.29) is 5.54 Å². The van der Waals surface area contributed by atoms with Gasteiger partial charge in [-0.15, -0.1) is 22.7 Å². The Balaban J connectivity index is 2.00. The minimum Gasteiger partial charge on any atom is -0.357 e. The van der Waals surface area contributed by atoms with E-state index in [2.05, 4.69) is 37.5 Å². The van der Waals surface area contributed by atoms with Gasteiger partial charge in [0.15, 0.2) is 5.13 Å². The molecule has 2 aromatic heterocycles. The molecule has 1 aliphatic carbocycles. The molecule has 2 nitrogen and oxygen atoms in total. The van der Waals surface area contributed by atoms with Crippen molar-refractivity contribution in [3.05, 3.63) is 21.2 Å². The molecule has 1 N–H and O–H groups in total. The van der Waals surface area contributed by atoms with Gasteiger partial charge in [-0.05, 0) is 45.1 Å². The molecule has 3 rings (SSSR count). The summed E-state index contributed by atoms with van der Waals surface area (Å²) in [6.07, 6.45) is 2.32. The Morgan fingerprint density at radius 3 is 2.76 bits per heavy atom. The summed E-state index contributed by atoms with van der Waals surface area (Å²) in [5.41, 5.74) is 2.65.